The molecular weight excluding hydrogens is 368 g/mol. The van der Waals surface area contributed by atoms with E-state index in [1.165, 1.54) is 18.2 Å². The summed E-state index contributed by atoms with van der Waals surface area (Å²) in [6.07, 6.45) is 0. The standard InChI is InChI=1S/C20H19ClN2O4/c21-14-2-1-3-15(9-14)23-6-4-22(5-7-23)12-13-8-20(26)27-19-11-18(25)17(24)10-16(13)19/h1-3,8-11,24-25H,4-7,12H2. The topological polar surface area (TPSA) is 77.2 Å². The van der Waals surface area contributed by atoms with Crippen molar-refractivity contribution in [3.05, 3.63) is 63.5 Å². The van der Waals surface area contributed by atoms with Crippen LogP contribution in [0.3, 0.4) is 0 Å². The van der Waals surface area contributed by atoms with Gasteiger partial charge in [0.1, 0.15) is 5.58 Å². The second-order valence-electron chi connectivity index (χ2n) is 6.67. The lowest BCUT2D eigenvalue weighted by Gasteiger charge is -2.36. The van der Waals surface area contributed by atoms with E-state index in [2.05, 4.69) is 9.80 Å². The van der Waals surface area contributed by atoms with E-state index >= 15 is 0 Å². The lowest BCUT2D eigenvalue weighted by Crippen LogP contribution is -2.46. The van der Waals surface area contributed by atoms with Gasteiger partial charge in [-0.05, 0) is 29.8 Å². The third-order valence-corrected chi connectivity index (χ3v) is 5.10. The van der Waals surface area contributed by atoms with Crippen LogP contribution in [0.15, 0.2) is 51.7 Å². The molecule has 0 unspecified atom stereocenters. The number of benzene rings is 2. The minimum atomic E-state index is -0.472. The van der Waals surface area contributed by atoms with Crippen molar-refractivity contribution in [2.24, 2.45) is 0 Å². The molecular formula is C20H19ClN2O4. The van der Waals surface area contributed by atoms with Crippen LogP contribution < -0.4 is 10.5 Å². The van der Waals surface area contributed by atoms with Gasteiger partial charge < -0.3 is 19.5 Å². The summed E-state index contributed by atoms with van der Waals surface area (Å²) in [6.45, 7) is 3.93. The van der Waals surface area contributed by atoms with Crippen molar-refractivity contribution in [1.82, 2.24) is 4.90 Å². The Morgan fingerprint density at radius 3 is 2.48 bits per heavy atom. The Morgan fingerprint density at radius 1 is 1.00 bits per heavy atom. The molecule has 7 heteroatoms. The molecule has 0 bridgehead atoms. The van der Waals surface area contributed by atoms with E-state index in [1.54, 1.807) is 0 Å². The van der Waals surface area contributed by atoms with Crippen LogP contribution in [0, 0.1) is 0 Å². The molecule has 0 spiro atoms. The zero-order valence-corrected chi connectivity index (χ0v) is 15.3. The van der Waals surface area contributed by atoms with Gasteiger partial charge in [-0.3, -0.25) is 4.90 Å². The molecule has 4 rings (SSSR count). The van der Waals surface area contributed by atoms with E-state index in [9.17, 15) is 15.0 Å². The molecule has 1 fully saturated rings. The minimum absolute atomic E-state index is 0.233. The smallest absolute Gasteiger partial charge is 0.336 e. The number of fused-ring (bicyclic) bond motifs is 1. The molecule has 0 amide bonds. The van der Waals surface area contributed by atoms with Gasteiger partial charge >= 0.3 is 5.63 Å². The van der Waals surface area contributed by atoms with Gasteiger partial charge in [-0.1, -0.05) is 17.7 Å². The first kappa shape index (κ1) is 17.7. The molecule has 27 heavy (non-hydrogen) atoms. The maximum Gasteiger partial charge on any atom is 0.336 e. The van der Waals surface area contributed by atoms with Crippen LogP contribution in [0.1, 0.15) is 5.56 Å². The van der Waals surface area contributed by atoms with Crippen LogP contribution in [0.5, 0.6) is 11.5 Å². The van der Waals surface area contributed by atoms with Crippen molar-refractivity contribution < 1.29 is 14.6 Å². The lowest BCUT2D eigenvalue weighted by atomic mass is 10.1. The first-order valence-corrected chi connectivity index (χ1v) is 9.09. The molecule has 0 radical (unpaired) electrons. The zero-order chi connectivity index (χ0) is 19.0. The highest BCUT2D eigenvalue weighted by Gasteiger charge is 2.19. The van der Waals surface area contributed by atoms with Crippen LogP contribution in [0.4, 0.5) is 5.69 Å². The minimum Gasteiger partial charge on any atom is -0.504 e. The highest BCUT2D eigenvalue weighted by molar-refractivity contribution is 6.30. The average molecular weight is 387 g/mol. The molecule has 6 nitrogen and oxygen atoms in total. The molecule has 1 aliphatic rings. The van der Waals surface area contributed by atoms with Gasteiger partial charge in [0.05, 0.1) is 0 Å². The molecule has 2 aromatic carbocycles. The summed E-state index contributed by atoms with van der Waals surface area (Å²) < 4.78 is 5.15. The molecule has 0 aliphatic carbocycles. The van der Waals surface area contributed by atoms with Crippen LogP contribution in [-0.2, 0) is 6.54 Å². The summed E-state index contributed by atoms with van der Waals surface area (Å²) >= 11 is 6.08. The maximum absolute atomic E-state index is 11.9. The molecule has 1 aliphatic heterocycles. The fraction of sp³-hybridized carbons (Fsp3) is 0.250. The fourth-order valence-corrected chi connectivity index (χ4v) is 3.64. The molecule has 1 saturated heterocycles. The van der Waals surface area contributed by atoms with Crippen LogP contribution in [0.25, 0.3) is 11.0 Å². The number of phenols is 2. The zero-order valence-electron chi connectivity index (χ0n) is 14.6. The van der Waals surface area contributed by atoms with E-state index < -0.39 is 5.63 Å². The predicted molar refractivity (Wildman–Crippen MR) is 105 cm³/mol. The van der Waals surface area contributed by atoms with Gasteiger partial charge in [-0.25, -0.2) is 4.79 Å². The summed E-state index contributed by atoms with van der Waals surface area (Å²) in [5, 5.41) is 20.8. The predicted octanol–water partition coefficient (Wildman–Crippen LogP) is 3.18. The van der Waals surface area contributed by atoms with Gasteiger partial charge in [-0.15, -0.1) is 0 Å². The molecule has 0 atom stereocenters. The number of aromatic hydroxyl groups is 2. The highest BCUT2D eigenvalue weighted by atomic mass is 35.5. The molecule has 140 valence electrons. The third-order valence-electron chi connectivity index (χ3n) is 4.86. The van der Waals surface area contributed by atoms with Crippen LogP contribution >= 0.6 is 11.6 Å². The maximum atomic E-state index is 11.9. The molecule has 3 aromatic rings. The number of rotatable bonds is 3. The Bertz CT molecular complexity index is 1040. The van der Waals surface area contributed by atoms with Gasteiger partial charge in [0.2, 0.25) is 0 Å². The Balaban J connectivity index is 1.52. The highest BCUT2D eigenvalue weighted by Crippen LogP contribution is 2.31. The third kappa shape index (κ3) is 3.72. The van der Waals surface area contributed by atoms with E-state index in [0.717, 1.165) is 42.5 Å². The normalized spacial score (nSPS) is 15.4. The monoisotopic (exact) mass is 386 g/mol. The van der Waals surface area contributed by atoms with E-state index in [0.29, 0.717) is 11.9 Å². The molecule has 1 aromatic heterocycles. The number of nitrogens with zero attached hydrogens (tertiary/aromatic N) is 2. The number of hydrogen-bond donors (Lipinski definition) is 2. The van der Waals surface area contributed by atoms with Crippen LogP contribution in [0.2, 0.25) is 5.02 Å². The summed E-state index contributed by atoms with van der Waals surface area (Å²) in [7, 11) is 0. The number of phenolic OH excluding ortho intramolecular Hbond substituents is 2. The number of halogens is 1. The van der Waals surface area contributed by atoms with Crippen LogP contribution in [-0.4, -0.2) is 41.3 Å². The van der Waals surface area contributed by atoms with E-state index in [-0.39, 0.29) is 17.1 Å². The fourth-order valence-electron chi connectivity index (χ4n) is 3.46. The van der Waals surface area contributed by atoms with Crippen molar-refractivity contribution in [1.29, 1.82) is 0 Å². The average Bonchev–Trinajstić information content (AvgIpc) is 2.64. The van der Waals surface area contributed by atoms with Crippen molar-refractivity contribution in [2.45, 2.75) is 6.54 Å². The van der Waals surface area contributed by atoms with Crippen molar-refractivity contribution in [3.8, 4) is 11.5 Å². The number of piperazine rings is 1. The Hall–Kier alpha value is -2.70. The second kappa shape index (κ2) is 7.13. The first-order chi connectivity index (χ1) is 13.0. The largest absolute Gasteiger partial charge is 0.504 e. The SMILES string of the molecule is O=c1cc(CN2CCN(c3cccc(Cl)c3)CC2)c2cc(O)c(O)cc2o1. The van der Waals surface area contributed by atoms with Gasteiger partial charge in [0.15, 0.2) is 11.5 Å². The summed E-state index contributed by atoms with van der Waals surface area (Å²) in [6, 6.07) is 12.0. The quantitative estimate of drug-likeness (QED) is 0.532. The lowest BCUT2D eigenvalue weighted by molar-refractivity contribution is 0.250. The van der Waals surface area contributed by atoms with E-state index in [1.807, 2.05) is 24.3 Å². The molecule has 2 heterocycles. The van der Waals surface area contributed by atoms with Gasteiger partial charge in [0.25, 0.3) is 0 Å². The second-order valence-corrected chi connectivity index (χ2v) is 7.11. The Kier molecular flexibility index (Phi) is 4.68. The summed E-state index contributed by atoms with van der Waals surface area (Å²) in [4.78, 5) is 16.4. The summed E-state index contributed by atoms with van der Waals surface area (Å²) in [5.74, 6) is -0.540. The Morgan fingerprint density at radius 2 is 1.74 bits per heavy atom. The van der Waals surface area contributed by atoms with Crippen molar-refractivity contribution >= 4 is 28.3 Å². The first-order valence-electron chi connectivity index (χ1n) is 8.71. The van der Waals surface area contributed by atoms with E-state index in [4.69, 9.17) is 16.0 Å². The molecule has 0 saturated carbocycles. The van der Waals surface area contributed by atoms with Gasteiger partial charge in [0, 0.05) is 61.0 Å². The van der Waals surface area contributed by atoms with Crippen molar-refractivity contribution in [2.75, 3.05) is 31.1 Å². The number of anilines is 1. The van der Waals surface area contributed by atoms with Crippen molar-refractivity contribution in [3.63, 3.8) is 0 Å². The summed E-state index contributed by atoms with van der Waals surface area (Å²) in [5.41, 5.74) is 1.67. The molecule has 2 N–H and O–H groups in total. The Labute approximate surface area is 160 Å². The van der Waals surface area contributed by atoms with Gasteiger partial charge in [-0.2, -0.15) is 0 Å². The number of hydrogen-bond acceptors (Lipinski definition) is 6.